The first-order valence-electron chi connectivity index (χ1n) is 3.59. The topological polar surface area (TPSA) is 37.3 Å². The fourth-order valence-corrected chi connectivity index (χ4v) is 0.638. The van der Waals surface area contributed by atoms with Crippen LogP contribution in [0, 0.1) is 0 Å². The summed E-state index contributed by atoms with van der Waals surface area (Å²) in [5.41, 5.74) is 0.688. The molecule has 2 nitrogen and oxygen atoms in total. The van der Waals surface area contributed by atoms with Crippen molar-refractivity contribution in [3.8, 4) is 0 Å². The molecule has 0 aliphatic carbocycles. The lowest BCUT2D eigenvalue weighted by atomic mass is 10.1. The maximum absolute atomic E-state index is 9.96. The van der Waals surface area contributed by atoms with Crippen LogP contribution in [0.3, 0.4) is 0 Å². The summed E-state index contributed by atoms with van der Waals surface area (Å²) in [6.45, 7) is 3.65. The fourth-order valence-electron chi connectivity index (χ4n) is 0.638. The lowest BCUT2D eigenvalue weighted by Crippen LogP contribution is -2.03. The summed E-state index contributed by atoms with van der Waals surface area (Å²) in [7, 11) is 0. The van der Waals surface area contributed by atoms with Crippen molar-refractivity contribution in [2.24, 2.45) is 0 Å². The second-order valence-electron chi connectivity index (χ2n) is 2.48. The van der Waals surface area contributed by atoms with E-state index < -0.39 is 0 Å². The van der Waals surface area contributed by atoms with Crippen LogP contribution < -0.4 is 0 Å². The van der Waals surface area contributed by atoms with Crippen LogP contribution in [0.4, 0.5) is 0 Å². The third-order valence-electron chi connectivity index (χ3n) is 1.50. The summed E-state index contributed by atoms with van der Waals surface area (Å²) in [5, 5.41) is 9.06. The molecule has 0 spiro atoms. The van der Waals surface area contributed by atoms with Crippen molar-refractivity contribution in [1.82, 2.24) is 0 Å². The van der Waals surface area contributed by atoms with Gasteiger partial charge in [-0.2, -0.15) is 0 Å². The molecule has 0 aliphatic rings. The lowest BCUT2D eigenvalue weighted by molar-refractivity contribution is 0.161. The molecule has 0 amide bonds. The lowest BCUT2D eigenvalue weighted by Gasteiger charge is -2.04. The van der Waals surface area contributed by atoms with E-state index in [1.165, 1.54) is 0 Å². The van der Waals surface area contributed by atoms with Gasteiger partial charge in [-0.3, -0.25) is 0 Å². The average molecular weight is 142 g/mol. The molecule has 0 rings (SSSR count). The highest BCUT2D eigenvalue weighted by molar-refractivity contribution is 5.50. The molecule has 1 N–H and O–H groups in total. The van der Waals surface area contributed by atoms with Gasteiger partial charge in [0.15, 0.2) is 0 Å². The summed E-state index contributed by atoms with van der Waals surface area (Å²) < 4.78 is 0. The Hall–Kier alpha value is -0.590. The van der Waals surface area contributed by atoms with Gasteiger partial charge in [0.05, 0.1) is 6.10 Å². The van der Waals surface area contributed by atoms with Crippen LogP contribution in [0.2, 0.25) is 0 Å². The SMILES string of the molecule is CCC(O)CCC(C)=C=O. The Kier molecular flexibility index (Phi) is 4.91. The number of aliphatic hydroxyl groups is 1. The van der Waals surface area contributed by atoms with Crippen molar-refractivity contribution in [2.45, 2.75) is 39.2 Å². The standard InChI is InChI=1S/C8H14O2/c1-3-8(10)5-4-7(2)6-9/h8,10H,3-5H2,1-2H3. The van der Waals surface area contributed by atoms with E-state index in [-0.39, 0.29) is 6.10 Å². The first-order valence-corrected chi connectivity index (χ1v) is 3.59. The Morgan fingerprint density at radius 2 is 2.30 bits per heavy atom. The molecule has 0 bridgehead atoms. The summed E-state index contributed by atoms with van der Waals surface area (Å²) in [6.07, 6.45) is 1.84. The molecule has 0 saturated carbocycles. The predicted molar refractivity (Wildman–Crippen MR) is 40.4 cm³/mol. The molecule has 1 unspecified atom stereocenters. The summed E-state index contributed by atoms with van der Waals surface area (Å²) in [4.78, 5) is 9.96. The second kappa shape index (κ2) is 5.21. The zero-order valence-electron chi connectivity index (χ0n) is 6.55. The van der Waals surface area contributed by atoms with E-state index >= 15 is 0 Å². The Morgan fingerprint density at radius 1 is 1.70 bits per heavy atom. The molecule has 0 saturated heterocycles. The minimum atomic E-state index is -0.261. The maximum Gasteiger partial charge on any atom is 0.123 e. The minimum absolute atomic E-state index is 0.261. The summed E-state index contributed by atoms with van der Waals surface area (Å²) >= 11 is 0. The summed E-state index contributed by atoms with van der Waals surface area (Å²) in [5.74, 6) is 1.80. The van der Waals surface area contributed by atoms with Gasteiger partial charge in [0.1, 0.15) is 5.94 Å². The zero-order chi connectivity index (χ0) is 7.98. The molecule has 0 aromatic rings. The van der Waals surface area contributed by atoms with Crippen molar-refractivity contribution >= 4 is 5.94 Å². The first kappa shape index (κ1) is 9.41. The Bertz CT molecular complexity index is 134. The molecular weight excluding hydrogens is 128 g/mol. The van der Waals surface area contributed by atoms with Crippen molar-refractivity contribution in [3.05, 3.63) is 5.57 Å². The van der Waals surface area contributed by atoms with Crippen LogP contribution in [-0.2, 0) is 4.79 Å². The number of aliphatic hydroxyl groups excluding tert-OH is 1. The number of hydrogen-bond acceptors (Lipinski definition) is 2. The Labute approximate surface area is 61.6 Å². The van der Waals surface area contributed by atoms with Crippen LogP contribution in [0.5, 0.6) is 0 Å². The zero-order valence-corrected chi connectivity index (χ0v) is 6.55. The molecule has 0 aliphatic heterocycles. The second-order valence-corrected chi connectivity index (χ2v) is 2.48. The van der Waals surface area contributed by atoms with Crippen molar-refractivity contribution in [2.75, 3.05) is 0 Å². The third-order valence-corrected chi connectivity index (χ3v) is 1.50. The quantitative estimate of drug-likeness (QED) is 0.601. The predicted octanol–water partition coefficient (Wildman–Crippen LogP) is 1.32. The Balaban J connectivity index is 3.45. The molecular formula is C8H14O2. The van der Waals surface area contributed by atoms with E-state index in [1.807, 2.05) is 6.92 Å². The number of hydrogen-bond donors (Lipinski definition) is 1. The van der Waals surface area contributed by atoms with Gasteiger partial charge >= 0.3 is 0 Å². The summed E-state index contributed by atoms with van der Waals surface area (Å²) in [6, 6.07) is 0. The minimum Gasteiger partial charge on any atom is -0.393 e. The Morgan fingerprint density at radius 3 is 2.70 bits per heavy atom. The molecule has 1 atom stereocenters. The van der Waals surface area contributed by atoms with Gasteiger partial charge < -0.3 is 5.11 Å². The van der Waals surface area contributed by atoms with Crippen LogP contribution in [0.1, 0.15) is 33.1 Å². The van der Waals surface area contributed by atoms with E-state index in [9.17, 15) is 4.79 Å². The van der Waals surface area contributed by atoms with Gasteiger partial charge in [0.25, 0.3) is 0 Å². The molecule has 0 aromatic carbocycles. The maximum atomic E-state index is 9.96. The van der Waals surface area contributed by atoms with Gasteiger partial charge in [0.2, 0.25) is 0 Å². The van der Waals surface area contributed by atoms with Crippen molar-refractivity contribution in [3.63, 3.8) is 0 Å². The number of allylic oxidation sites excluding steroid dienone is 1. The van der Waals surface area contributed by atoms with E-state index in [2.05, 4.69) is 0 Å². The monoisotopic (exact) mass is 142 g/mol. The molecule has 0 radical (unpaired) electrons. The van der Waals surface area contributed by atoms with E-state index in [0.717, 1.165) is 6.42 Å². The van der Waals surface area contributed by atoms with Crippen LogP contribution in [0.15, 0.2) is 5.57 Å². The van der Waals surface area contributed by atoms with E-state index in [1.54, 1.807) is 12.9 Å². The molecule has 2 heteroatoms. The number of rotatable bonds is 4. The largest absolute Gasteiger partial charge is 0.393 e. The van der Waals surface area contributed by atoms with E-state index in [4.69, 9.17) is 5.11 Å². The van der Waals surface area contributed by atoms with Crippen LogP contribution >= 0.6 is 0 Å². The van der Waals surface area contributed by atoms with Gasteiger partial charge in [-0.1, -0.05) is 6.92 Å². The normalized spacial score (nSPS) is 12.3. The fraction of sp³-hybridized carbons (Fsp3) is 0.750. The molecule has 10 heavy (non-hydrogen) atoms. The smallest absolute Gasteiger partial charge is 0.123 e. The van der Waals surface area contributed by atoms with Gasteiger partial charge in [0, 0.05) is 5.57 Å². The molecule has 0 heterocycles. The highest BCUT2D eigenvalue weighted by atomic mass is 16.3. The first-order chi connectivity index (χ1) is 4.70. The third kappa shape index (κ3) is 4.30. The molecule has 58 valence electrons. The van der Waals surface area contributed by atoms with Gasteiger partial charge in [-0.05, 0) is 26.2 Å². The van der Waals surface area contributed by atoms with Crippen LogP contribution in [0.25, 0.3) is 0 Å². The average Bonchev–Trinajstić information content (AvgIpc) is 1.99. The van der Waals surface area contributed by atoms with Crippen molar-refractivity contribution in [1.29, 1.82) is 0 Å². The van der Waals surface area contributed by atoms with Crippen molar-refractivity contribution < 1.29 is 9.90 Å². The highest BCUT2D eigenvalue weighted by Gasteiger charge is 2.00. The highest BCUT2D eigenvalue weighted by Crippen LogP contribution is 2.05. The number of carbonyl (C=O) groups excluding carboxylic acids is 1. The van der Waals surface area contributed by atoms with Gasteiger partial charge in [-0.25, -0.2) is 4.79 Å². The molecule has 0 aromatic heterocycles. The molecule has 0 fully saturated rings. The van der Waals surface area contributed by atoms with Crippen LogP contribution in [-0.4, -0.2) is 17.2 Å². The van der Waals surface area contributed by atoms with Gasteiger partial charge in [-0.15, -0.1) is 0 Å². The van der Waals surface area contributed by atoms with E-state index in [0.29, 0.717) is 18.4 Å².